The molecule has 0 aliphatic rings. The molecule has 4 aromatic rings. The summed E-state index contributed by atoms with van der Waals surface area (Å²) < 4.78 is 1.73. The van der Waals surface area contributed by atoms with Crippen molar-refractivity contribution in [1.82, 2.24) is 24.5 Å². The van der Waals surface area contributed by atoms with Crippen molar-refractivity contribution in [1.29, 1.82) is 0 Å². The predicted molar refractivity (Wildman–Crippen MR) is 122 cm³/mol. The maximum atomic E-state index is 6.08. The molecule has 0 bridgehead atoms. The number of likely N-dealkylation sites (N-methyl/N-ethyl adjacent to an activating group) is 1. The number of anilines is 2. The van der Waals surface area contributed by atoms with Crippen LogP contribution in [-0.2, 0) is 6.54 Å². The van der Waals surface area contributed by atoms with Crippen LogP contribution in [0.3, 0.4) is 0 Å². The van der Waals surface area contributed by atoms with Crippen molar-refractivity contribution in [2.24, 2.45) is 0 Å². The summed E-state index contributed by atoms with van der Waals surface area (Å²) in [6.45, 7) is 2.42. The molecule has 30 heavy (non-hydrogen) atoms. The van der Waals surface area contributed by atoms with E-state index in [-0.39, 0.29) is 0 Å². The van der Waals surface area contributed by atoms with Gasteiger partial charge in [-0.15, -0.1) is 0 Å². The van der Waals surface area contributed by atoms with Gasteiger partial charge in [-0.25, -0.2) is 9.97 Å². The van der Waals surface area contributed by atoms with Gasteiger partial charge < -0.3 is 15.5 Å². The first kappa shape index (κ1) is 19.9. The number of rotatable bonds is 8. The van der Waals surface area contributed by atoms with Gasteiger partial charge in [0.1, 0.15) is 19.5 Å². The highest BCUT2D eigenvalue weighted by Gasteiger charge is 2.10. The lowest BCUT2D eigenvalue weighted by atomic mass is 10.0. The lowest BCUT2D eigenvalue weighted by molar-refractivity contribution is 0.425. The minimum Gasteiger partial charge on any atom is -0.369 e. The molecule has 2 radical (unpaired) electrons. The predicted octanol–water partition coefficient (Wildman–Crippen LogP) is 2.17. The van der Waals surface area contributed by atoms with Crippen LogP contribution in [0, 0.1) is 0 Å². The maximum Gasteiger partial charge on any atom is 0.150 e. The van der Waals surface area contributed by atoms with Crippen molar-refractivity contribution >= 4 is 30.6 Å². The molecule has 2 N–H and O–H groups in total. The Morgan fingerprint density at radius 2 is 1.87 bits per heavy atom. The van der Waals surface area contributed by atoms with Gasteiger partial charge in [0.2, 0.25) is 0 Å². The molecule has 150 valence electrons. The van der Waals surface area contributed by atoms with E-state index in [0.717, 1.165) is 41.5 Å². The van der Waals surface area contributed by atoms with Crippen LogP contribution in [0.5, 0.6) is 0 Å². The van der Waals surface area contributed by atoms with Crippen molar-refractivity contribution in [2.75, 3.05) is 37.8 Å². The van der Waals surface area contributed by atoms with Crippen LogP contribution in [0.4, 0.5) is 11.6 Å². The van der Waals surface area contributed by atoms with Crippen LogP contribution in [0.2, 0.25) is 0 Å². The summed E-state index contributed by atoms with van der Waals surface area (Å²) >= 11 is 0. The fourth-order valence-corrected chi connectivity index (χ4v) is 3.10. The third kappa shape index (κ3) is 4.60. The average Bonchev–Trinajstić information content (AvgIpc) is 3.14. The second-order valence-electron chi connectivity index (χ2n) is 7.36. The third-order valence-corrected chi connectivity index (χ3v) is 4.73. The van der Waals surface area contributed by atoms with E-state index in [2.05, 4.69) is 50.8 Å². The molecule has 3 aromatic heterocycles. The van der Waals surface area contributed by atoms with Gasteiger partial charge in [-0.05, 0) is 31.2 Å². The topological polar surface area (TPSA) is 70.4 Å². The Kier molecular flexibility index (Phi) is 5.95. The molecule has 0 fully saturated rings. The molecule has 0 unspecified atom stereocenters. The van der Waals surface area contributed by atoms with E-state index in [1.54, 1.807) is 10.7 Å². The number of nitrogens with zero attached hydrogens (tertiary/aromatic N) is 5. The lowest BCUT2D eigenvalue weighted by Gasteiger charge is -2.12. The van der Waals surface area contributed by atoms with E-state index in [0.29, 0.717) is 17.7 Å². The van der Waals surface area contributed by atoms with Gasteiger partial charge in [-0.1, -0.05) is 36.4 Å². The van der Waals surface area contributed by atoms with Crippen molar-refractivity contribution in [2.45, 2.75) is 6.54 Å². The molecule has 0 spiro atoms. The SMILES string of the molecule is [B]c1cnn2c(NCc3ccc(NCCN(C)C)nc3)cc(-c3ccccc3)nc12. The molecule has 4 rings (SSSR count). The van der Waals surface area contributed by atoms with Gasteiger partial charge in [0.05, 0.1) is 5.69 Å². The van der Waals surface area contributed by atoms with E-state index < -0.39 is 0 Å². The molecule has 1 aromatic carbocycles. The smallest absolute Gasteiger partial charge is 0.150 e. The highest BCUT2D eigenvalue weighted by atomic mass is 15.3. The Hall–Kier alpha value is -3.39. The van der Waals surface area contributed by atoms with Crippen LogP contribution in [0.1, 0.15) is 5.56 Å². The highest BCUT2D eigenvalue weighted by molar-refractivity contribution is 6.36. The normalized spacial score (nSPS) is 11.2. The highest BCUT2D eigenvalue weighted by Crippen LogP contribution is 2.21. The van der Waals surface area contributed by atoms with Gasteiger partial charge in [0.25, 0.3) is 0 Å². The van der Waals surface area contributed by atoms with Crippen molar-refractivity contribution in [3.63, 3.8) is 0 Å². The summed E-state index contributed by atoms with van der Waals surface area (Å²) in [5.41, 5.74) is 4.12. The van der Waals surface area contributed by atoms with E-state index in [4.69, 9.17) is 7.85 Å². The van der Waals surface area contributed by atoms with E-state index in [9.17, 15) is 0 Å². The fourth-order valence-electron chi connectivity index (χ4n) is 3.10. The molecule has 8 heteroatoms. The van der Waals surface area contributed by atoms with E-state index >= 15 is 0 Å². The Morgan fingerprint density at radius 1 is 1.03 bits per heavy atom. The molecule has 0 saturated carbocycles. The summed E-state index contributed by atoms with van der Waals surface area (Å²) in [6.07, 6.45) is 3.50. The minimum absolute atomic E-state index is 0.547. The molecule has 0 amide bonds. The minimum atomic E-state index is 0.547. The quantitative estimate of drug-likeness (QED) is 0.444. The first-order valence-electron chi connectivity index (χ1n) is 9.87. The second kappa shape index (κ2) is 8.96. The van der Waals surface area contributed by atoms with Crippen molar-refractivity contribution in [3.8, 4) is 11.3 Å². The summed E-state index contributed by atoms with van der Waals surface area (Å²) in [6, 6.07) is 16.1. The van der Waals surface area contributed by atoms with Crippen molar-refractivity contribution < 1.29 is 0 Å². The standard InChI is InChI=1S/C22H24BN7/c1-29(2)11-10-24-20-9-8-16(13-25-20)14-26-21-12-19(17-6-4-3-5-7-17)28-22-18(23)15-27-30(21)22/h3-9,12-13,15,26H,10-11,14H2,1-2H3,(H,24,25). The van der Waals surface area contributed by atoms with E-state index in [1.165, 1.54) is 0 Å². The van der Waals surface area contributed by atoms with Crippen LogP contribution in [0.25, 0.3) is 16.9 Å². The number of hydrogen-bond acceptors (Lipinski definition) is 6. The molecule has 0 atom stereocenters. The number of aromatic nitrogens is 4. The lowest BCUT2D eigenvalue weighted by Crippen LogP contribution is -2.21. The molecular formula is C22H24BN7. The van der Waals surface area contributed by atoms with Gasteiger partial charge in [0, 0.05) is 43.7 Å². The van der Waals surface area contributed by atoms with Crippen LogP contribution >= 0.6 is 0 Å². The Morgan fingerprint density at radius 3 is 2.60 bits per heavy atom. The Balaban J connectivity index is 1.51. The van der Waals surface area contributed by atoms with Gasteiger partial charge >= 0.3 is 0 Å². The monoisotopic (exact) mass is 397 g/mol. The first-order valence-corrected chi connectivity index (χ1v) is 9.87. The molecular weight excluding hydrogens is 373 g/mol. The summed E-state index contributed by atoms with van der Waals surface area (Å²) in [5, 5.41) is 11.1. The zero-order valence-corrected chi connectivity index (χ0v) is 17.2. The van der Waals surface area contributed by atoms with Gasteiger partial charge in [-0.3, -0.25) is 0 Å². The van der Waals surface area contributed by atoms with Crippen molar-refractivity contribution in [3.05, 3.63) is 66.5 Å². The van der Waals surface area contributed by atoms with Crippen LogP contribution in [-0.4, -0.2) is 59.5 Å². The largest absolute Gasteiger partial charge is 0.369 e. The summed E-state index contributed by atoms with van der Waals surface area (Å²) in [5.74, 6) is 1.70. The van der Waals surface area contributed by atoms with Gasteiger partial charge in [-0.2, -0.15) is 9.61 Å². The number of hydrogen-bond donors (Lipinski definition) is 2. The number of nitrogens with one attached hydrogen (secondary N) is 2. The Bertz CT molecular complexity index is 1110. The Labute approximate surface area is 177 Å². The summed E-state index contributed by atoms with van der Waals surface area (Å²) in [7, 11) is 10.2. The number of pyridine rings is 1. The average molecular weight is 397 g/mol. The molecule has 0 saturated heterocycles. The molecule has 0 aliphatic carbocycles. The third-order valence-electron chi connectivity index (χ3n) is 4.73. The zero-order valence-electron chi connectivity index (χ0n) is 17.2. The zero-order chi connectivity index (χ0) is 20.9. The van der Waals surface area contributed by atoms with Gasteiger partial charge in [0.15, 0.2) is 5.65 Å². The maximum absolute atomic E-state index is 6.08. The molecule has 0 aliphatic heterocycles. The summed E-state index contributed by atoms with van der Waals surface area (Å²) in [4.78, 5) is 11.3. The molecule has 3 heterocycles. The first-order chi connectivity index (χ1) is 14.6. The fraction of sp³-hybridized carbons (Fsp3) is 0.227. The number of benzene rings is 1. The molecule has 7 nitrogen and oxygen atoms in total. The second-order valence-corrected chi connectivity index (χ2v) is 7.36. The number of fused-ring (bicyclic) bond motifs is 1. The van der Waals surface area contributed by atoms with E-state index in [1.807, 2.05) is 48.7 Å². The van der Waals surface area contributed by atoms with Crippen LogP contribution in [0.15, 0.2) is 60.9 Å². The van der Waals surface area contributed by atoms with Crippen LogP contribution < -0.4 is 16.1 Å².